The fraction of sp³-hybridized carbons (Fsp3) is 1.00. The van der Waals surface area contributed by atoms with Crippen molar-refractivity contribution in [3.8, 4) is 0 Å². The van der Waals surface area contributed by atoms with Gasteiger partial charge in [-0.3, -0.25) is 4.57 Å². The summed E-state index contributed by atoms with van der Waals surface area (Å²) in [5, 5.41) is 0. The van der Waals surface area contributed by atoms with Gasteiger partial charge in [-0.1, -0.05) is 34.6 Å². The molecule has 1 fully saturated rings. The molecule has 1 heterocycles. The average molecular weight is 440 g/mol. The van der Waals surface area contributed by atoms with E-state index in [0.29, 0.717) is 85.8 Å². The van der Waals surface area contributed by atoms with E-state index in [1.807, 2.05) is 18.5 Å². The van der Waals surface area contributed by atoms with Crippen LogP contribution in [0, 0.1) is 5.41 Å². The van der Waals surface area contributed by atoms with Crippen LogP contribution in [0.5, 0.6) is 0 Å². The van der Waals surface area contributed by atoms with Crippen LogP contribution in [-0.2, 0) is 32.8 Å². The van der Waals surface area contributed by atoms with Crippen molar-refractivity contribution in [3.05, 3.63) is 0 Å². The van der Waals surface area contributed by atoms with Crippen LogP contribution in [0.1, 0.15) is 34.6 Å². The third-order valence-corrected chi connectivity index (χ3v) is 7.20. The van der Waals surface area contributed by atoms with Crippen molar-refractivity contribution in [2.45, 2.75) is 40.3 Å². The monoisotopic (exact) mass is 439 g/mol. The minimum atomic E-state index is -3.02. The number of nitrogens with zero attached hydrogens (tertiary/aromatic N) is 1. The highest BCUT2D eigenvalue weighted by Crippen LogP contribution is 2.55. The molecule has 0 aliphatic carbocycles. The average Bonchev–Trinajstić information content (AvgIpc) is 2.65. The van der Waals surface area contributed by atoms with Gasteiger partial charge < -0.3 is 28.2 Å². The molecular weight excluding hydrogens is 397 g/mol. The number of hydrogen-bond acceptors (Lipinski definition) is 7. The van der Waals surface area contributed by atoms with Crippen molar-refractivity contribution in [1.29, 1.82) is 0 Å². The summed E-state index contributed by atoms with van der Waals surface area (Å²) in [6.07, 6.45) is 0. The van der Waals surface area contributed by atoms with E-state index in [4.69, 9.17) is 28.2 Å². The van der Waals surface area contributed by atoms with Crippen molar-refractivity contribution in [1.82, 2.24) is 4.67 Å². The highest BCUT2D eigenvalue weighted by Gasteiger charge is 2.36. The van der Waals surface area contributed by atoms with E-state index >= 15 is 0 Å². The first-order valence-corrected chi connectivity index (χ1v) is 12.3. The Morgan fingerprint density at radius 1 is 0.759 bits per heavy atom. The molecule has 1 aliphatic rings. The fourth-order valence-corrected chi connectivity index (χ4v) is 4.96. The van der Waals surface area contributed by atoms with Crippen LogP contribution in [0.25, 0.3) is 0 Å². The van der Waals surface area contributed by atoms with Crippen LogP contribution in [-0.4, -0.2) is 96.1 Å². The van der Waals surface area contributed by atoms with Crippen LogP contribution in [0.3, 0.4) is 0 Å². The van der Waals surface area contributed by atoms with Gasteiger partial charge in [0.2, 0.25) is 0 Å². The lowest BCUT2D eigenvalue weighted by atomic mass is 9.99. The van der Waals surface area contributed by atoms with E-state index in [9.17, 15) is 4.57 Å². The van der Waals surface area contributed by atoms with Crippen molar-refractivity contribution in [2.75, 3.05) is 85.8 Å². The molecule has 0 spiro atoms. The molecule has 0 saturated carbocycles. The van der Waals surface area contributed by atoms with Crippen LogP contribution >= 0.6 is 7.52 Å². The molecule has 0 aromatic heterocycles. The van der Waals surface area contributed by atoms with Gasteiger partial charge in [-0.2, -0.15) is 0 Å². The zero-order valence-corrected chi connectivity index (χ0v) is 19.9. The number of ether oxygens (including phenoxy) is 5. The van der Waals surface area contributed by atoms with Gasteiger partial charge in [0.05, 0.1) is 72.7 Å². The van der Waals surface area contributed by atoms with Gasteiger partial charge in [-0.05, 0) is 5.41 Å². The Bertz CT molecular complexity index is 439. The molecule has 0 aromatic rings. The summed E-state index contributed by atoms with van der Waals surface area (Å²) in [5.74, 6) is 0. The van der Waals surface area contributed by atoms with E-state index in [0.717, 1.165) is 0 Å². The predicted molar refractivity (Wildman–Crippen MR) is 114 cm³/mol. The Labute approximate surface area is 177 Å². The van der Waals surface area contributed by atoms with E-state index in [1.165, 1.54) is 0 Å². The van der Waals surface area contributed by atoms with Gasteiger partial charge in [0.25, 0.3) is 7.52 Å². The summed E-state index contributed by atoms with van der Waals surface area (Å²) in [6, 6.07) is 0. The Balaban J connectivity index is 2.68. The van der Waals surface area contributed by atoms with Crippen molar-refractivity contribution in [3.63, 3.8) is 0 Å². The summed E-state index contributed by atoms with van der Waals surface area (Å²) in [7, 11) is -3.02. The molecule has 1 rings (SSSR count). The predicted octanol–water partition coefficient (Wildman–Crippen LogP) is 3.05. The molecule has 0 amide bonds. The standard InChI is InChI=1S/C20H42NO7P/c1-19(2)29(22,28-18-20(3,4)5)21-6-8-23-10-12-25-14-16-27-17-15-26-13-11-24-9-7-21/h19H,6-18H2,1-5H3. The maximum absolute atomic E-state index is 13.8. The zero-order valence-electron chi connectivity index (χ0n) is 19.0. The molecule has 8 nitrogen and oxygen atoms in total. The van der Waals surface area contributed by atoms with Gasteiger partial charge in [-0.15, -0.1) is 0 Å². The minimum absolute atomic E-state index is 0.0629. The first kappa shape index (κ1) is 27.0. The van der Waals surface area contributed by atoms with Gasteiger partial charge in [0, 0.05) is 18.7 Å². The Hall–Kier alpha value is -0.0500. The third-order valence-electron chi connectivity index (χ3n) is 4.20. The first-order valence-electron chi connectivity index (χ1n) is 10.6. The Morgan fingerprint density at radius 2 is 1.10 bits per heavy atom. The highest BCUT2D eigenvalue weighted by molar-refractivity contribution is 7.57. The summed E-state index contributed by atoms with van der Waals surface area (Å²) in [4.78, 5) is 0. The second-order valence-corrected chi connectivity index (χ2v) is 11.5. The molecule has 0 aromatic carbocycles. The fourth-order valence-electron chi connectivity index (χ4n) is 2.56. The molecular formula is C20H42NO7P. The maximum Gasteiger partial charge on any atom is 0.275 e. The molecule has 1 atom stereocenters. The lowest BCUT2D eigenvalue weighted by Crippen LogP contribution is -2.33. The van der Waals surface area contributed by atoms with E-state index < -0.39 is 7.52 Å². The van der Waals surface area contributed by atoms with Crippen LogP contribution in [0.4, 0.5) is 0 Å². The van der Waals surface area contributed by atoms with E-state index in [-0.39, 0.29) is 11.1 Å². The van der Waals surface area contributed by atoms with E-state index in [1.54, 1.807) is 0 Å². The molecule has 0 radical (unpaired) electrons. The van der Waals surface area contributed by atoms with Gasteiger partial charge in [-0.25, -0.2) is 4.67 Å². The molecule has 174 valence electrons. The largest absolute Gasteiger partial charge is 0.378 e. The van der Waals surface area contributed by atoms with Crippen LogP contribution in [0.2, 0.25) is 0 Å². The van der Waals surface area contributed by atoms with Gasteiger partial charge in [0.15, 0.2) is 0 Å². The summed E-state index contributed by atoms with van der Waals surface area (Å²) in [6.45, 7) is 16.6. The molecule has 1 unspecified atom stereocenters. The lowest BCUT2D eigenvalue weighted by molar-refractivity contribution is -0.0158. The second-order valence-electron chi connectivity index (χ2n) is 8.51. The molecule has 1 saturated heterocycles. The van der Waals surface area contributed by atoms with Gasteiger partial charge >= 0.3 is 0 Å². The SMILES string of the molecule is CC(C)P(=O)(OCC(C)(C)C)N1CCOCCOCCOCCOCCOCC1. The molecule has 1 aliphatic heterocycles. The topological polar surface area (TPSA) is 75.7 Å². The van der Waals surface area contributed by atoms with Crippen LogP contribution in [0.15, 0.2) is 0 Å². The highest BCUT2D eigenvalue weighted by atomic mass is 31.2. The summed E-state index contributed by atoms with van der Waals surface area (Å²) >= 11 is 0. The molecule has 0 bridgehead atoms. The summed E-state index contributed by atoms with van der Waals surface area (Å²) < 4.78 is 49.5. The molecule has 29 heavy (non-hydrogen) atoms. The van der Waals surface area contributed by atoms with Crippen molar-refractivity contribution >= 4 is 7.52 Å². The maximum atomic E-state index is 13.8. The molecule has 9 heteroatoms. The number of rotatable bonds is 4. The summed E-state index contributed by atoms with van der Waals surface area (Å²) in [5.41, 5.74) is -0.179. The van der Waals surface area contributed by atoms with Gasteiger partial charge in [0.1, 0.15) is 0 Å². The van der Waals surface area contributed by atoms with Crippen molar-refractivity contribution in [2.24, 2.45) is 5.41 Å². The first-order chi connectivity index (χ1) is 13.8. The van der Waals surface area contributed by atoms with Crippen LogP contribution < -0.4 is 0 Å². The van der Waals surface area contributed by atoms with E-state index in [2.05, 4.69) is 20.8 Å². The lowest BCUT2D eigenvalue weighted by Gasteiger charge is -2.35. The quantitative estimate of drug-likeness (QED) is 0.619. The third kappa shape index (κ3) is 12.4. The Morgan fingerprint density at radius 3 is 1.41 bits per heavy atom. The van der Waals surface area contributed by atoms with Crippen molar-refractivity contribution < 1.29 is 32.8 Å². The smallest absolute Gasteiger partial charge is 0.275 e. The normalized spacial score (nSPS) is 23.2. The number of hydrogen-bond donors (Lipinski definition) is 0. The second kappa shape index (κ2) is 14.9. The zero-order chi connectivity index (χ0) is 21.6. The molecule has 0 N–H and O–H groups in total. The minimum Gasteiger partial charge on any atom is -0.378 e. The Kier molecular flexibility index (Phi) is 13.8.